The van der Waals surface area contributed by atoms with Gasteiger partial charge in [-0.25, -0.2) is 0 Å². The highest BCUT2D eigenvalue weighted by atomic mass is 16.2. The number of carbonyl (C=O) groups is 1. The molecule has 0 bridgehead atoms. The van der Waals surface area contributed by atoms with Crippen LogP contribution in [0.1, 0.15) is 12.5 Å². The summed E-state index contributed by atoms with van der Waals surface area (Å²) in [5, 5.41) is 0. The van der Waals surface area contributed by atoms with E-state index in [0.717, 1.165) is 32.7 Å². The quantitative estimate of drug-likeness (QED) is 0.742. The lowest BCUT2D eigenvalue weighted by atomic mass is 10.2. The Hall–Kier alpha value is -1.35. The number of rotatable bonds is 2. The van der Waals surface area contributed by atoms with Crippen LogP contribution in [0.2, 0.25) is 0 Å². The molecule has 1 radical (unpaired) electrons. The lowest BCUT2D eigenvalue weighted by molar-refractivity contribution is -0.130. The monoisotopic (exact) mass is 217 g/mol. The van der Waals surface area contributed by atoms with Gasteiger partial charge in [0.1, 0.15) is 0 Å². The fourth-order valence-electron chi connectivity index (χ4n) is 2.01. The van der Waals surface area contributed by atoms with E-state index in [2.05, 4.69) is 23.1 Å². The van der Waals surface area contributed by atoms with Crippen LogP contribution in [-0.4, -0.2) is 41.9 Å². The Balaban J connectivity index is 1.84. The fourth-order valence-corrected chi connectivity index (χ4v) is 2.01. The van der Waals surface area contributed by atoms with Crippen molar-refractivity contribution in [3.05, 3.63) is 35.9 Å². The zero-order chi connectivity index (χ0) is 11.4. The second-order valence-electron chi connectivity index (χ2n) is 4.19. The number of piperazine rings is 1. The molecule has 1 aliphatic heterocycles. The summed E-state index contributed by atoms with van der Waals surface area (Å²) in [4.78, 5) is 15.5. The minimum absolute atomic E-state index is 0.189. The number of carbonyl (C=O) groups excluding carboxylic acids is 1. The molecular formula is C13H17N2O. The lowest BCUT2D eigenvalue weighted by Crippen LogP contribution is -2.47. The standard InChI is InChI=1S/C13H17N2O/c1-12(16)15-9-7-14(8-10-15)11-13-5-3-2-4-6-13/h3-6H,7-11H2,1H3. The molecule has 1 heterocycles. The van der Waals surface area contributed by atoms with Crippen LogP contribution in [0.3, 0.4) is 0 Å². The molecule has 1 saturated heterocycles. The predicted molar refractivity (Wildman–Crippen MR) is 62.8 cm³/mol. The molecule has 0 unspecified atom stereocenters. The summed E-state index contributed by atoms with van der Waals surface area (Å²) in [5.41, 5.74) is 1.31. The van der Waals surface area contributed by atoms with Gasteiger partial charge in [0.05, 0.1) is 0 Å². The topological polar surface area (TPSA) is 23.6 Å². The molecular weight excluding hydrogens is 200 g/mol. The van der Waals surface area contributed by atoms with Gasteiger partial charge < -0.3 is 4.90 Å². The largest absolute Gasteiger partial charge is 0.340 e. The van der Waals surface area contributed by atoms with Gasteiger partial charge in [-0.3, -0.25) is 9.69 Å². The highest BCUT2D eigenvalue weighted by Crippen LogP contribution is 2.08. The van der Waals surface area contributed by atoms with Gasteiger partial charge in [-0.15, -0.1) is 0 Å². The van der Waals surface area contributed by atoms with E-state index in [-0.39, 0.29) is 5.91 Å². The second kappa shape index (κ2) is 5.12. The Labute approximate surface area is 96.7 Å². The first kappa shape index (κ1) is 11.1. The molecule has 0 spiro atoms. The molecule has 1 fully saturated rings. The summed E-state index contributed by atoms with van der Waals surface area (Å²) >= 11 is 0. The van der Waals surface area contributed by atoms with Gasteiger partial charge >= 0.3 is 0 Å². The van der Waals surface area contributed by atoms with Crippen LogP contribution in [0.15, 0.2) is 24.3 Å². The smallest absolute Gasteiger partial charge is 0.219 e. The molecule has 85 valence electrons. The molecule has 3 nitrogen and oxygen atoms in total. The van der Waals surface area contributed by atoms with Crippen molar-refractivity contribution >= 4 is 5.91 Å². The SMILES string of the molecule is CC(=O)N1CCN(Cc2cc[c]cc2)CC1. The van der Waals surface area contributed by atoms with E-state index in [4.69, 9.17) is 0 Å². The van der Waals surface area contributed by atoms with Gasteiger partial charge in [0.25, 0.3) is 0 Å². The Bertz CT molecular complexity index is 342. The maximum absolute atomic E-state index is 11.2. The average Bonchev–Trinajstić information content (AvgIpc) is 2.31. The first-order chi connectivity index (χ1) is 7.75. The van der Waals surface area contributed by atoms with Crippen LogP contribution < -0.4 is 0 Å². The van der Waals surface area contributed by atoms with Crippen LogP contribution >= 0.6 is 0 Å². The number of hydrogen-bond donors (Lipinski definition) is 0. The van der Waals surface area contributed by atoms with Crippen LogP contribution in [0.25, 0.3) is 0 Å². The van der Waals surface area contributed by atoms with Crippen molar-refractivity contribution < 1.29 is 4.79 Å². The molecule has 2 rings (SSSR count). The summed E-state index contributed by atoms with van der Waals surface area (Å²) in [7, 11) is 0. The predicted octanol–water partition coefficient (Wildman–Crippen LogP) is 1.15. The van der Waals surface area contributed by atoms with Crippen LogP contribution in [0.5, 0.6) is 0 Å². The second-order valence-corrected chi connectivity index (χ2v) is 4.19. The van der Waals surface area contributed by atoms with Gasteiger partial charge in [0.2, 0.25) is 5.91 Å². The summed E-state index contributed by atoms with van der Waals surface area (Å²) in [5.74, 6) is 0.189. The van der Waals surface area contributed by atoms with Crippen molar-refractivity contribution in [1.82, 2.24) is 9.80 Å². The highest BCUT2D eigenvalue weighted by Gasteiger charge is 2.18. The highest BCUT2D eigenvalue weighted by molar-refractivity contribution is 5.73. The van der Waals surface area contributed by atoms with E-state index < -0.39 is 0 Å². The zero-order valence-electron chi connectivity index (χ0n) is 9.65. The third-order valence-corrected chi connectivity index (χ3v) is 3.01. The molecule has 0 N–H and O–H groups in total. The van der Waals surface area contributed by atoms with Gasteiger partial charge in [0.15, 0.2) is 0 Å². The van der Waals surface area contributed by atoms with E-state index in [9.17, 15) is 4.79 Å². The first-order valence-corrected chi connectivity index (χ1v) is 5.68. The average molecular weight is 217 g/mol. The van der Waals surface area contributed by atoms with Gasteiger partial charge in [-0.2, -0.15) is 0 Å². The Morgan fingerprint density at radius 2 is 1.88 bits per heavy atom. The van der Waals surface area contributed by atoms with Crippen molar-refractivity contribution in [3.8, 4) is 0 Å². The van der Waals surface area contributed by atoms with Crippen LogP contribution in [-0.2, 0) is 11.3 Å². The molecule has 3 heteroatoms. The summed E-state index contributed by atoms with van der Waals surface area (Å²) in [6.45, 7) is 6.27. The molecule has 1 amide bonds. The van der Waals surface area contributed by atoms with E-state index >= 15 is 0 Å². The Kier molecular flexibility index (Phi) is 3.57. The van der Waals surface area contributed by atoms with Crippen LogP contribution in [0.4, 0.5) is 0 Å². The lowest BCUT2D eigenvalue weighted by Gasteiger charge is -2.34. The molecule has 1 aliphatic rings. The minimum atomic E-state index is 0.189. The number of amides is 1. The van der Waals surface area contributed by atoms with E-state index in [1.807, 2.05) is 17.0 Å². The minimum Gasteiger partial charge on any atom is -0.340 e. The summed E-state index contributed by atoms with van der Waals surface area (Å²) in [6, 6.07) is 11.1. The van der Waals surface area contributed by atoms with Crippen LogP contribution in [0, 0.1) is 6.07 Å². The molecule has 0 atom stereocenters. The van der Waals surface area contributed by atoms with E-state index in [1.165, 1.54) is 5.56 Å². The zero-order valence-corrected chi connectivity index (χ0v) is 9.65. The molecule has 16 heavy (non-hydrogen) atoms. The van der Waals surface area contributed by atoms with Crippen molar-refractivity contribution in [2.45, 2.75) is 13.5 Å². The van der Waals surface area contributed by atoms with Gasteiger partial charge in [-0.1, -0.05) is 24.3 Å². The third-order valence-electron chi connectivity index (χ3n) is 3.01. The molecule has 0 saturated carbocycles. The maximum atomic E-state index is 11.2. The fraction of sp³-hybridized carbons (Fsp3) is 0.462. The van der Waals surface area contributed by atoms with E-state index in [0.29, 0.717) is 0 Å². The molecule has 1 aromatic rings. The van der Waals surface area contributed by atoms with Crippen molar-refractivity contribution in [3.63, 3.8) is 0 Å². The molecule has 0 aliphatic carbocycles. The van der Waals surface area contributed by atoms with E-state index in [1.54, 1.807) is 6.92 Å². The summed E-state index contributed by atoms with van der Waals surface area (Å²) < 4.78 is 0. The maximum Gasteiger partial charge on any atom is 0.219 e. The summed E-state index contributed by atoms with van der Waals surface area (Å²) in [6.07, 6.45) is 0. The number of nitrogens with zero attached hydrogens (tertiary/aromatic N) is 2. The normalized spacial score (nSPS) is 17.4. The Morgan fingerprint density at radius 1 is 1.25 bits per heavy atom. The van der Waals surface area contributed by atoms with Crippen molar-refractivity contribution in [1.29, 1.82) is 0 Å². The molecule has 1 aromatic carbocycles. The Morgan fingerprint density at radius 3 is 2.44 bits per heavy atom. The first-order valence-electron chi connectivity index (χ1n) is 5.68. The van der Waals surface area contributed by atoms with Crippen molar-refractivity contribution in [2.24, 2.45) is 0 Å². The third kappa shape index (κ3) is 2.83. The van der Waals surface area contributed by atoms with Gasteiger partial charge in [0, 0.05) is 39.6 Å². The number of hydrogen-bond acceptors (Lipinski definition) is 2. The van der Waals surface area contributed by atoms with Gasteiger partial charge in [-0.05, 0) is 11.6 Å². The molecule has 0 aromatic heterocycles. The van der Waals surface area contributed by atoms with Crippen molar-refractivity contribution in [2.75, 3.05) is 26.2 Å². The number of benzene rings is 1.